The average molecular weight is 424 g/mol. The summed E-state index contributed by atoms with van der Waals surface area (Å²) in [7, 11) is 0. The number of carbonyl (C=O) groups excluding carboxylic acids is 1. The highest BCUT2D eigenvalue weighted by molar-refractivity contribution is 5.90. The number of morpholine rings is 1. The molecular formula is C26H37N3O2. The van der Waals surface area contributed by atoms with E-state index >= 15 is 0 Å². The van der Waals surface area contributed by atoms with Crippen molar-refractivity contribution < 1.29 is 9.53 Å². The highest BCUT2D eigenvalue weighted by Gasteiger charge is 2.23. The molecule has 1 aliphatic carbocycles. The van der Waals surface area contributed by atoms with Crippen LogP contribution in [0.2, 0.25) is 0 Å². The second kappa shape index (κ2) is 10.3. The molecule has 1 heterocycles. The van der Waals surface area contributed by atoms with E-state index in [0.29, 0.717) is 6.54 Å². The summed E-state index contributed by atoms with van der Waals surface area (Å²) in [6.07, 6.45) is 8.49. The van der Waals surface area contributed by atoms with Crippen LogP contribution in [0.1, 0.15) is 44.7 Å². The Balaban J connectivity index is 1.76. The maximum atomic E-state index is 12.3. The van der Waals surface area contributed by atoms with Crippen LogP contribution < -0.4 is 10.6 Å². The molecule has 0 radical (unpaired) electrons. The summed E-state index contributed by atoms with van der Waals surface area (Å²) in [5, 5.41) is 5.95. The molecule has 1 unspecified atom stereocenters. The number of aryl methyl sites for hydroxylation is 1. The van der Waals surface area contributed by atoms with E-state index in [-0.39, 0.29) is 17.5 Å². The molecular weight excluding hydrogens is 386 g/mol. The van der Waals surface area contributed by atoms with Crippen LogP contribution in [-0.2, 0) is 4.74 Å². The van der Waals surface area contributed by atoms with E-state index in [1.807, 2.05) is 6.07 Å². The lowest BCUT2D eigenvalue weighted by atomic mass is 9.92. The van der Waals surface area contributed by atoms with Gasteiger partial charge in [-0.3, -0.25) is 4.90 Å². The Kier molecular flexibility index (Phi) is 7.74. The number of hydrogen-bond acceptors (Lipinski definition) is 3. The molecule has 5 nitrogen and oxygen atoms in total. The van der Waals surface area contributed by atoms with Crippen molar-refractivity contribution in [3.8, 4) is 0 Å². The first kappa shape index (κ1) is 23.3. The number of nitrogens with one attached hydrogen (secondary N) is 2. The summed E-state index contributed by atoms with van der Waals surface area (Å²) >= 11 is 0. The lowest BCUT2D eigenvalue weighted by Gasteiger charge is -2.34. The van der Waals surface area contributed by atoms with Crippen molar-refractivity contribution in [2.45, 2.75) is 46.6 Å². The molecule has 5 heteroatoms. The van der Waals surface area contributed by atoms with Crippen molar-refractivity contribution in [1.29, 1.82) is 0 Å². The maximum absolute atomic E-state index is 12.3. The standard InChI is InChI=1S/C26H37N3O2/c1-19-9-10-22(28-25(30)27-12-11-26(3,4)5)18-23(19)21-8-6-7-20(2)24(17-21)29-13-15-31-16-14-29/h6,8-10,17-18,24H,2,7,11-16H2,1,3-5H3,(H2,27,28,30). The highest BCUT2D eigenvalue weighted by Crippen LogP contribution is 2.30. The van der Waals surface area contributed by atoms with E-state index in [0.717, 1.165) is 50.4 Å². The lowest BCUT2D eigenvalue weighted by Crippen LogP contribution is -2.43. The number of carbonyl (C=O) groups is 1. The SMILES string of the molecule is C=C1CC=CC(c2cc(NC(=O)NCCC(C)(C)C)ccc2C)=CC1N1CCOCC1. The van der Waals surface area contributed by atoms with Crippen LogP contribution in [0.25, 0.3) is 5.57 Å². The molecule has 0 spiro atoms. The van der Waals surface area contributed by atoms with E-state index in [1.54, 1.807) is 0 Å². The molecule has 2 aliphatic rings. The van der Waals surface area contributed by atoms with Crippen LogP contribution in [0.3, 0.4) is 0 Å². The van der Waals surface area contributed by atoms with Crippen LogP contribution in [0.5, 0.6) is 0 Å². The molecule has 3 rings (SSSR count). The summed E-state index contributed by atoms with van der Waals surface area (Å²) in [4.78, 5) is 14.8. The van der Waals surface area contributed by atoms with Gasteiger partial charge in [0.1, 0.15) is 0 Å². The van der Waals surface area contributed by atoms with Crippen molar-refractivity contribution in [1.82, 2.24) is 10.2 Å². The zero-order chi connectivity index (χ0) is 22.4. The first-order chi connectivity index (χ1) is 14.7. The van der Waals surface area contributed by atoms with E-state index in [4.69, 9.17) is 4.74 Å². The third-order valence-electron chi connectivity index (χ3n) is 5.84. The fourth-order valence-corrected chi connectivity index (χ4v) is 3.94. The smallest absolute Gasteiger partial charge is 0.319 e. The van der Waals surface area contributed by atoms with E-state index in [2.05, 4.69) is 80.2 Å². The van der Waals surface area contributed by atoms with Crippen molar-refractivity contribution >= 4 is 17.3 Å². The minimum absolute atomic E-state index is 0.163. The molecule has 1 aromatic rings. The molecule has 2 N–H and O–H groups in total. The van der Waals surface area contributed by atoms with Gasteiger partial charge in [-0.15, -0.1) is 0 Å². The molecule has 1 fully saturated rings. The number of hydrogen-bond donors (Lipinski definition) is 2. The fourth-order valence-electron chi connectivity index (χ4n) is 3.94. The van der Waals surface area contributed by atoms with Gasteiger partial charge in [-0.2, -0.15) is 0 Å². The number of amides is 2. The number of anilines is 1. The number of rotatable bonds is 5. The Hall–Kier alpha value is -2.37. The Morgan fingerprint density at radius 3 is 2.71 bits per heavy atom. The van der Waals surface area contributed by atoms with Gasteiger partial charge < -0.3 is 15.4 Å². The molecule has 31 heavy (non-hydrogen) atoms. The molecule has 1 aromatic carbocycles. The second-order valence-electron chi connectivity index (χ2n) is 9.70. The Morgan fingerprint density at radius 2 is 2.00 bits per heavy atom. The summed E-state index contributed by atoms with van der Waals surface area (Å²) < 4.78 is 5.53. The predicted octanol–water partition coefficient (Wildman–Crippen LogP) is 5.15. The lowest BCUT2D eigenvalue weighted by molar-refractivity contribution is 0.0313. The van der Waals surface area contributed by atoms with Crippen molar-refractivity contribution in [2.24, 2.45) is 5.41 Å². The largest absolute Gasteiger partial charge is 0.379 e. The Bertz CT molecular complexity index is 858. The normalized spacial score (nSPS) is 20.2. The Morgan fingerprint density at radius 1 is 1.26 bits per heavy atom. The minimum Gasteiger partial charge on any atom is -0.379 e. The number of urea groups is 1. The predicted molar refractivity (Wildman–Crippen MR) is 129 cm³/mol. The second-order valence-corrected chi connectivity index (χ2v) is 9.70. The van der Waals surface area contributed by atoms with E-state index < -0.39 is 0 Å². The van der Waals surface area contributed by atoms with Gasteiger partial charge in [0.2, 0.25) is 0 Å². The molecule has 1 atom stereocenters. The van der Waals surface area contributed by atoms with Gasteiger partial charge in [-0.05, 0) is 54.0 Å². The number of nitrogens with zero attached hydrogens (tertiary/aromatic N) is 1. The third-order valence-corrected chi connectivity index (χ3v) is 5.84. The van der Waals surface area contributed by atoms with Gasteiger partial charge in [0.25, 0.3) is 0 Å². The van der Waals surface area contributed by atoms with Gasteiger partial charge in [0, 0.05) is 25.3 Å². The van der Waals surface area contributed by atoms with Crippen molar-refractivity contribution in [2.75, 3.05) is 38.2 Å². The quantitative estimate of drug-likeness (QED) is 0.644. The summed E-state index contributed by atoms with van der Waals surface area (Å²) in [6, 6.07) is 6.13. The number of allylic oxidation sites excluding steroid dienone is 3. The maximum Gasteiger partial charge on any atom is 0.319 e. The Labute approximate surface area is 187 Å². The van der Waals surface area contributed by atoms with Crippen molar-refractivity contribution in [3.63, 3.8) is 0 Å². The van der Waals surface area contributed by atoms with Gasteiger partial charge in [-0.1, -0.05) is 57.2 Å². The van der Waals surface area contributed by atoms with Crippen LogP contribution in [0.4, 0.5) is 10.5 Å². The zero-order valence-electron chi connectivity index (χ0n) is 19.5. The molecule has 1 aliphatic heterocycles. The van der Waals surface area contributed by atoms with Gasteiger partial charge in [0.15, 0.2) is 0 Å². The molecule has 2 amide bonds. The van der Waals surface area contributed by atoms with Crippen LogP contribution >= 0.6 is 0 Å². The first-order valence-electron chi connectivity index (χ1n) is 11.3. The molecule has 0 saturated carbocycles. The van der Waals surface area contributed by atoms with Crippen LogP contribution in [0.15, 0.2) is 48.6 Å². The average Bonchev–Trinajstić information content (AvgIpc) is 2.91. The number of ether oxygens (including phenoxy) is 1. The molecule has 1 saturated heterocycles. The van der Waals surface area contributed by atoms with E-state index in [9.17, 15) is 4.79 Å². The molecule has 0 aromatic heterocycles. The highest BCUT2D eigenvalue weighted by atomic mass is 16.5. The zero-order valence-corrected chi connectivity index (χ0v) is 19.5. The number of benzene rings is 1. The first-order valence-corrected chi connectivity index (χ1v) is 11.3. The van der Waals surface area contributed by atoms with Crippen LogP contribution in [-0.4, -0.2) is 49.8 Å². The van der Waals surface area contributed by atoms with Crippen LogP contribution in [0, 0.1) is 12.3 Å². The van der Waals surface area contributed by atoms with E-state index in [1.165, 1.54) is 16.7 Å². The monoisotopic (exact) mass is 423 g/mol. The summed E-state index contributed by atoms with van der Waals surface area (Å²) in [5.74, 6) is 0. The molecule has 0 bridgehead atoms. The van der Waals surface area contributed by atoms with Crippen molar-refractivity contribution in [3.05, 3.63) is 59.7 Å². The minimum atomic E-state index is -0.163. The fraction of sp³-hybridized carbons (Fsp3) is 0.500. The van der Waals surface area contributed by atoms with Gasteiger partial charge >= 0.3 is 6.03 Å². The molecule has 168 valence electrons. The van der Waals surface area contributed by atoms with Gasteiger partial charge in [-0.25, -0.2) is 4.79 Å². The topological polar surface area (TPSA) is 53.6 Å². The third kappa shape index (κ3) is 6.81. The summed E-state index contributed by atoms with van der Waals surface area (Å²) in [5.41, 5.74) is 5.69. The van der Waals surface area contributed by atoms with Gasteiger partial charge in [0.05, 0.1) is 19.3 Å². The summed E-state index contributed by atoms with van der Waals surface area (Å²) in [6.45, 7) is 17.0.